The highest BCUT2D eigenvalue weighted by atomic mass is 16.7. The lowest BCUT2D eigenvalue weighted by Crippen LogP contribution is -2.61. The predicted octanol–water partition coefficient (Wildman–Crippen LogP) is 0.539. The van der Waals surface area contributed by atoms with E-state index in [1.54, 1.807) is 24.3 Å². The van der Waals surface area contributed by atoms with Gasteiger partial charge in [0.15, 0.2) is 6.10 Å². The highest BCUT2D eigenvalue weighted by Gasteiger charge is 2.48. The van der Waals surface area contributed by atoms with Crippen LogP contribution in [-0.4, -0.2) is 67.3 Å². The zero-order valence-electron chi connectivity index (χ0n) is 15.0. The van der Waals surface area contributed by atoms with Gasteiger partial charge in [-0.3, -0.25) is 0 Å². The Morgan fingerprint density at radius 3 is 2.17 bits per heavy atom. The van der Waals surface area contributed by atoms with E-state index >= 15 is 0 Å². The van der Waals surface area contributed by atoms with Crippen LogP contribution in [0.4, 0.5) is 0 Å². The second kappa shape index (κ2) is 8.50. The molecule has 1 fully saturated rings. The molecule has 154 valence electrons. The number of hydrogen-bond acceptors (Lipinski definition) is 8. The second-order valence-corrected chi connectivity index (χ2v) is 6.54. The van der Waals surface area contributed by atoms with Crippen molar-refractivity contribution in [3.63, 3.8) is 0 Å². The van der Waals surface area contributed by atoms with Crippen LogP contribution in [0.3, 0.4) is 0 Å². The molecule has 0 bridgehead atoms. The van der Waals surface area contributed by atoms with E-state index in [-0.39, 0.29) is 17.2 Å². The number of aliphatic hydroxyl groups is 3. The standard InChI is InChI=1S/C20H20O9/c21-12-5-3-10(4-6-12)1-2-11-7-13(22)9-14(8-11)28-20-17(25)15(23)16(24)18(29-20)19(26)27/h1-9,15-18,20-25H,(H,26,27)/b2-1+/t15-,16+,17+,18-,20+/m1/s1. The molecular weight excluding hydrogens is 384 g/mol. The smallest absolute Gasteiger partial charge is 0.335 e. The van der Waals surface area contributed by atoms with Crippen molar-refractivity contribution in [2.45, 2.75) is 30.7 Å². The summed E-state index contributed by atoms with van der Waals surface area (Å²) in [6.45, 7) is 0. The highest BCUT2D eigenvalue weighted by Crippen LogP contribution is 2.28. The number of phenols is 2. The van der Waals surface area contributed by atoms with Gasteiger partial charge in [-0.25, -0.2) is 4.79 Å². The average Bonchev–Trinajstić information content (AvgIpc) is 2.67. The average molecular weight is 404 g/mol. The van der Waals surface area contributed by atoms with Crippen LogP contribution >= 0.6 is 0 Å². The number of rotatable bonds is 5. The van der Waals surface area contributed by atoms with E-state index in [0.29, 0.717) is 5.56 Å². The van der Waals surface area contributed by atoms with Gasteiger partial charge in [-0.2, -0.15) is 0 Å². The molecule has 0 unspecified atom stereocenters. The minimum Gasteiger partial charge on any atom is -0.508 e. The Balaban J connectivity index is 1.78. The summed E-state index contributed by atoms with van der Waals surface area (Å²) in [6.07, 6.45) is -5.30. The van der Waals surface area contributed by atoms with Crippen molar-refractivity contribution in [2.24, 2.45) is 0 Å². The topological polar surface area (TPSA) is 157 Å². The first kappa shape index (κ1) is 20.6. The van der Waals surface area contributed by atoms with Gasteiger partial charge in [-0.1, -0.05) is 24.3 Å². The van der Waals surface area contributed by atoms with Gasteiger partial charge in [0.05, 0.1) is 0 Å². The molecule has 9 nitrogen and oxygen atoms in total. The van der Waals surface area contributed by atoms with Crippen molar-refractivity contribution in [1.29, 1.82) is 0 Å². The summed E-state index contributed by atoms with van der Waals surface area (Å²) >= 11 is 0. The molecule has 0 aromatic heterocycles. The molecule has 2 aromatic rings. The maximum Gasteiger partial charge on any atom is 0.335 e. The first-order chi connectivity index (χ1) is 13.7. The maximum atomic E-state index is 11.2. The van der Waals surface area contributed by atoms with E-state index in [2.05, 4.69) is 0 Å². The fourth-order valence-corrected chi connectivity index (χ4v) is 2.83. The van der Waals surface area contributed by atoms with E-state index in [0.717, 1.165) is 5.56 Å². The summed E-state index contributed by atoms with van der Waals surface area (Å²) in [7, 11) is 0. The molecule has 1 aliphatic rings. The minimum atomic E-state index is -1.82. The monoisotopic (exact) mass is 404 g/mol. The number of aliphatic carboxylic acids is 1. The summed E-state index contributed by atoms with van der Waals surface area (Å²) in [4.78, 5) is 11.2. The van der Waals surface area contributed by atoms with E-state index in [1.807, 2.05) is 0 Å². The van der Waals surface area contributed by atoms with Crippen LogP contribution in [0, 0.1) is 0 Å². The summed E-state index contributed by atoms with van der Waals surface area (Å²) < 4.78 is 10.5. The first-order valence-corrected chi connectivity index (χ1v) is 8.65. The molecule has 6 N–H and O–H groups in total. The molecule has 3 rings (SSSR count). The van der Waals surface area contributed by atoms with E-state index in [4.69, 9.17) is 14.6 Å². The molecular formula is C20H20O9. The normalized spacial score (nSPS) is 27.1. The van der Waals surface area contributed by atoms with Gasteiger partial charge in [-0.05, 0) is 35.4 Å². The van der Waals surface area contributed by atoms with Crippen molar-refractivity contribution < 1.29 is 44.9 Å². The van der Waals surface area contributed by atoms with Crippen molar-refractivity contribution in [3.05, 3.63) is 53.6 Å². The van der Waals surface area contributed by atoms with Gasteiger partial charge < -0.3 is 40.1 Å². The molecule has 0 spiro atoms. The van der Waals surface area contributed by atoms with Crippen LogP contribution in [0.1, 0.15) is 11.1 Å². The van der Waals surface area contributed by atoms with E-state index < -0.39 is 36.7 Å². The number of aliphatic hydroxyl groups excluding tert-OH is 3. The van der Waals surface area contributed by atoms with Crippen LogP contribution in [0.5, 0.6) is 17.2 Å². The van der Waals surface area contributed by atoms with Crippen molar-refractivity contribution in [2.75, 3.05) is 0 Å². The van der Waals surface area contributed by atoms with Crippen LogP contribution < -0.4 is 4.74 Å². The molecule has 29 heavy (non-hydrogen) atoms. The minimum absolute atomic E-state index is 0.0483. The number of phenolic OH excluding ortho intramolecular Hbond substituents is 2. The largest absolute Gasteiger partial charge is 0.508 e. The van der Waals surface area contributed by atoms with Crippen molar-refractivity contribution in [1.82, 2.24) is 0 Å². The summed E-state index contributed by atoms with van der Waals surface area (Å²) in [5.74, 6) is -1.50. The third-order valence-electron chi connectivity index (χ3n) is 4.34. The van der Waals surface area contributed by atoms with Gasteiger partial charge in [-0.15, -0.1) is 0 Å². The molecule has 1 saturated heterocycles. The van der Waals surface area contributed by atoms with E-state index in [1.165, 1.54) is 30.3 Å². The fourth-order valence-electron chi connectivity index (χ4n) is 2.83. The fraction of sp³-hybridized carbons (Fsp3) is 0.250. The van der Waals surface area contributed by atoms with Gasteiger partial charge in [0, 0.05) is 6.07 Å². The Morgan fingerprint density at radius 2 is 1.52 bits per heavy atom. The lowest BCUT2D eigenvalue weighted by Gasteiger charge is -2.38. The molecule has 5 atom stereocenters. The van der Waals surface area contributed by atoms with Crippen LogP contribution in [-0.2, 0) is 9.53 Å². The quantitative estimate of drug-likeness (QED) is 0.391. The van der Waals surface area contributed by atoms with Gasteiger partial charge >= 0.3 is 5.97 Å². The number of carbonyl (C=O) groups is 1. The molecule has 1 aliphatic heterocycles. The number of hydrogen-bond donors (Lipinski definition) is 6. The summed E-state index contributed by atoms with van der Waals surface area (Å²) in [5.41, 5.74) is 1.31. The summed E-state index contributed by atoms with van der Waals surface area (Å²) in [5, 5.41) is 57.9. The number of carboxylic acids is 1. The second-order valence-electron chi connectivity index (χ2n) is 6.54. The predicted molar refractivity (Wildman–Crippen MR) is 100 cm³/mol. The lowest BCUT2D eigenvalue weighted by atomic mass is 9.99. The van der Waals surface area contributed by atoms with Gasteiger partial charge in [0.1, 0.15) is 35.6 Å². The zero-order chi connectivity index (χ0) is 21.1. The Bertz CT molecular complexity index is 893. The maximum absolute atomic E-state index is 11.2. The third kappa shape index (κ3) is 4.84. The Labute approximate surface area is 165 Å². The molecule has 2 aromatic carbocycles. The third-order valence-corrected chi connectivity index (χ3v) is 4.34. The van der Waals surface area contributed by atoms with Crippen LogP contribution in [0.15, 0.2) is 42.5 Å². The van der Waals surface area contributed by atoms with Gasteiger partial charge in [0.2, 0.25) is 6.29 Å². The number of aromatic hydroxyl groups is 2. The number of carboxylic acid groups (broad SMARTS) is 1. The first-order valence-electron chi connectivity index (χ1n) is 8.65. The van der Waals surface area contributed by atoms with Crippen molar-refractivity contribution >= 4 is 18.1 Å². The summed E-state index contributed by atoms with van der Waals surface area (Å²) in [6, 6.07) is 10.6. The highest BCUT2D eigenvalue weighted by molar-refractivity contribution is 5.73. The van der Waals surface area contributed by atoms with Crippen LogP contribution in [0.2, 0.25) is 0 Å². The molecule has 0 saturated carbocycles. The zero-order valence-corrected chi connectivity index (χ0v) is 15.0. The van der Waals surface area contributed by atoms with E-state index in [9.17, 15) is 30.3 Å². The van der Waals surface area contributed by atoms with Crippen LogP contribution in [0.25, 0.3) is 12.2 Å². The molecule has 9 heteroatoms. The van der Waals surface area contributed by atoms with Crippen molar-refractivity contribution in [3.8, 4) is 17.2 Å². The lowest BCUT2D eigenvalue weighted by molar-refractivity contribution is -0.271. The van der Waals surface area contributed by atoms with Gasteiger partial charge in [0.25, 0.3) is 0 Å². The number of benzene rings is 2. The Kier molecular flexibility index (Phi) is 6.04. The Hall–Kier alpha value is -3.11. The Morgan fingerprint density at radius 1 is 0.862 bits per heavy atom. The SMILES string of the molecule is O=C(O)[C@@H]1O[C@H](Oc2cc(O)cc(/C=C/c3ccc(O)cc3)c2)[C@@H](O)[C@H](O)[C@@H]1O. The molecule has 0 amide bonds. The molecule has 0 radical (unpaired) electrons. The molecule has 0 aliphatic carbocycles. The number of ether oxygens (including phenoxy) is 2. The molecule has 1 heterocycles.